The second kappa shape index (κ2) is 9.00. The lowest BCUT2D eigenvalue weighted by Gasteiger charge is -2.34. The molecule has 1 saturated heterocycles. The standard InChI is InChI=1S/C22H23Cl2N3O2S/c1-14(2)16-4-3-5-19-21(16)25-22(30-19)27-10-8-26(9-11-27)20(28)13-29-18-7-6-15(23)12-17(18)24/h3-7,12,14H,8-11,13H2,1-2H3. The van der Waals surface area contributed by atoms with Crippen molar-refractivity contribution < 1.29 is 9.53 Å². The van der Waals surface area contributed by atoms with Crippen molar-refractivity contribution in [2.45, 2.75) is 19.8 Å². The van der Waals surface area contributed by atoms with Crippen LogP contribution in [0.1, 0.15) is 25.3 Å². The van der Waals surface area contributed by atoms with Gasteiger partial charge in [0.15, 0.2) is 11.7 Å². The van der Waals surface area contributed by atoms with Crippen LogP contribution >= 0.6 is 34.5 Å². The van der Waals surface area contributed by atoms with Gasteiger partial charge in [-0.15, -0.1) is 0 Å². The number of benzene rings is 2. The van der Waals surface area contributed by atoms with Gasteiger partial charge in [-0.05, 0) is 35.7 Å². The molecular weight excluding hydrogens is 441 g/mol. The molecule has 0 aliphatic carbocycles. The van der Waals surface area contributed by atoms with E-state index in [2.05, 4.69) is 36.9 Å². The molecule has 158 valence electrons. The SMILES string of the molecule is CC(C)c1cccc2sc(N3CCN(C(=O)COc4ccc(Cl)cc4Cl)CC3)nc12. The summed E-state index contributed by atoms with van der Waals surface area (Å²) < 4.78 is 6.80. The van der Waals surface area contributed by atoms with Crippen molar-refractivity contribution in [3.8, 4) is 5.75 Å². The molecule has 0 radical (unpaired) electrons. The van der Waals surface area contributed by atoms with Crippen LogP contribution in [0.4, 0.5) is 5.13 Å². The van der Waals surface area contributed by atoms with E-state index in [1.54, 1.807) is 29.5 Å². The van der Waals surface area contributed by atoms with E-state index in [9.17, 15) is 4.79 Å². The van der Waals surface area contributed by atoms with Crippen LogP contribution in [0, 0.1) is 0 Å². The third-order valence-electron chi connectivity index (χ3n) is 5.21. The van der Waals surface area contributed by atoms with Gasteiger partial charge in [-0.1, -0.05) is 60.5 Å². The first kappa shape index (κ1) is 21.2. The molecule has 1 aromatic heterocycles. The molecule has 1 fully saturated rings. The Hall–Kier alpha value is -2.02. The Bertz CT molecular complexity index is 1060. The predicted octanol–water partition coefficient (Wildman–Crippen LogP) is 5.45. The lowest BCUT2D eigenvalue weighted by atomic mass is 10.0. The van der Waals surface area contributed by atoms with Gasteiger partial charge >= 0.3 is 0 Å². The molecule has 2 aromatic carbocycles. The minimum Gasteiger partial charge on any atom is -0.482 e. The predicted molar refractivity (Wildman–Crippen MR) is 124 cm³/mol. The van der Waals surface area contributed by atoms with Crippen molar-refractivity contribution in [2.24, 2.45) is 0 Å². The maximum absolute atomic E-state index is 12.6. The van der Waals surface area contributed by atoms with E-state index in [0.29, 0.717) is 34.8 Å². The first-order valence-electron chi connectivity index (χ1n) is 9.92. The van der Waals surface area contributed by atoms with Crippen molar-refractivity contribution in [3.63, 3.8) is 0 Å². The Morgan fingerprint density at radius 3 is 2.63 bits per heavy atom. The number of nitrogens with zero attached hydrogens (tertiary/aromatic N) is 3. The lowest BCUT2D eigenvalue weighted by Crippen LogP contribution is -2.50. The molecule has 0 atom stereocenters. The molecule has 1 aliphatic rings. The molecule has 8 heteroatoms. The summed E-state index contributed by atoms with van der Waals surface area (Å²) in [7, 11) is 0. The maximum Gasteiger partial charge on any atom is 0.260 e. The second-order valence-electron chi connectivity index (χ2n) is 7.58. The summed E-state index contributed by atoms with van der Waals surface area (Å²) in [6.07, 6.45) is 0. The average molecular weight is 464 g/mol. The van der Waals surface area contributed by atoms with Crippen LogP contribution in [-0.2, 0) is 4.79 Å². The molecule has 0 unspecified atom stereocenters. The zero-order valence-corrected chi connectivity index (χ0v) is 19.2. The van der Waals surface area contributed by atoms with E-state index in [1.165, 1.54) is 10.3 Å². The smallest absolute Gasteiger partial charge is 0.260 e. The Labute approximate surface area is 190 Å². The van der Waals surface area contributed by atoms with Crippen LogP contribution in [0.5, 0.6) is 5.75 Å². The summed E-state index contributed by atoms with van der Waals surface area (Å²) in [5, 5.41) is 1.95. The minimum atomic E-state index is -0.0490. The molecule has 5 nitrogen and oxygen atoms in total. The van der Waals surface area contributed by atoms with E-state index in [1.807, 2.05) is 4.90 Å². The van der Waals surface area contributed by atoms with Gasteiger partial charge in [-0.25, -0.2) is 4.98 Å². The zero-order valence-electron chi connectivity index (χ0n) is 16.9. The summed E-state index contributed by atoms with van der Waals surface area (Å²) in [6, 6.07) is 11.3. The molecule has 1 amide bonds. The molecule has 4 rings (SSSR count). The zero-order chi connectivity index (χ0) is 21.3. The van der Waals surface area contributed by atoms with E-state index in [-0.39, 0.29) is 12.5 Å². The number of rotatable bonds is 5. The number of ether oxygens (including phenoxy) is 1. The van der Waals surface area contributed by atoms with E-state index in [4.69, 9.17) is 32.9 Å². The fourth-order valence-corrected chi connectivity index (χ4v) is 5.04. The van der Waals surface area contributed by atoms with E-state index < -0.39 is 0 Å². The number of aromatic nitrogens is 1. The largest absolute Gasteiger partial charge is 0.482 e. The Balaban J connectivity index is 1.36. The highest BCUT2D eigenvalue weighted by molar-refractivity contribution is 7.22. The maximum atomic E-state index is 12.6. The molecule has 1 aliphatic heterocycles. The molecule has 0 saturated carbocycles. The van der Waals surface area contributed by atoms with Crippen molar-refractivity contribution in [2.75, 3.05) is 37.7 Å². The quantitative estimate of drug-likeness (QED) is 0.504. The Kier molecular flexibility index (Phi) is 6.37. The van der Waals surface area contributed by atoms with Gasteiger partial charge in [-0.3, -0.25) is 4.79 Å². The van der Waals surface area contributed by atoms with Crippen LogP contribution < -0.4 is 9.64 Å². The third-order valence-corrected chi connectivity index (χ3v) is 6.82. The van der Waals surface area contributed by atoms with E-state index >= 15 is 0 Å². The monoisotopic (exact) mass is 463 g/mol. The summed E-state index contributed by atoms with van der Waals surface area (Å²) >= 11 is 13.7. The van der Waals surface area contributed by atoms with Gasteiger partial charge in [0.2, 0.25) is 0 Å². The van der Waals surface area contributed by atoms with Crippen LogP contribution in [0.25, 0.3) is 10.2 Å². The molecule has 0 spiro atoms. The first-order chi connectivity index (χ1) is 14.4. The van der Waals surface area contributed by atoms with Gasteiger partial charge in [0.05, 0.1) is 15.2 Å². The number of hydrogen-bond acceptors (Lipinski definition) is 5. The summed E-state index contributed by atoms with van der Waals surface area (Å²) in [6.45, 7) is 7.14. The number of para-hydroxylation sites is 1. The molecule has 2 heterocycles. The number of fused-ring (bicyclic) bond motifs is 1. The highest BCUT2D eigenvalue weighted by Gasteiger charge is 2.24. The fraction of sp³-hybridized carbons (Fsp3) is 0.364. The number of halogens is 2. The van der Waals surface area contributed by atoms with Crippen molar-refractivity contribution in [1.82, 2.24) is 9.88 Å². The average Bonchev–Trinajstić information content (AvgIpc) is 3.17. The summed E-state index contributed by atoms with van der Waals surface area (Å²) in [5.41, 5.74) is 2.38. The van der Waals surface area contributed by atoms with Gasteiger partial charge in [0.25, 0.3) is 5.91 Å². The highest BCUT2D eigenvalue weighted by Crippen LogP contribution is 2.34. The fourth-order valence-electron chi connectivity index (χ4n) is 3.53. The van der Waals surface area contributed by atoms with Crippen LogP contribution in [0.3, 0.4) is 0 Å². The third kappa shape index (κ3) is 4.51. The number of carbonyl (C=O) groups excluding carboxylic acids is 1. The normalized spacial score (nSPS) is 14.6. The number of carbonyl (C=O) groups is 1. The lowest BCUT2D eigenvalue weighted by molar-refractivity contribution is -0.133. The Morgan fingerprint density at radius 1 is 1.17 bits per heavy atom. The van der Waals surface area contributed by atoms with Crippen molar-refractivity contribution in [1.29, 1.82) is 0 Å². The number of anilines is 1. The Morgan fingerprint density at radius 2 is 1.93 bits per heavy atom. The van der Waals surface area contributed by atoms with Gasteiger partial charge in [0.1, 0.15) is 5.75 Å². The summed E-state index contributed by atoms with van der Waals surface area (Å²) in [4.78, 5) is 21.6. The van der Waals surface area contributed by atoms with Crippen molar-refractivity contribution in [3.05, 3.63) is 52.0 Å². The molecule has 30 heavy (non-hydrogen) atoms. The van der Waals surface area contributed by atoms with Gasteiger partial charge < -0.3 is 14.5 Å². The second-order valence-corrected chi connectivity index (χ2v) is 9.43. The number of piperazine rings is 1. The highest BCUT2D eigenvalue weighted by atomic mass is 35.5. The van der Waals surface area contributed by atoms with Gasteiger partial charge in [0, 0.05) is 31.2 Å². The van der Waals surface area contributed by atoms with Crippen LogP contribution in [0.15, 0.2) is 36.4 Å². The van der Waals surface area contributed by atoms with Crippen LogP contribution in [-0.4, -0.2) is 48.6 Å². The molecular formula is C22H23Cl2N3O2S. The number of hydrogen-bond donors (Lipinski definition) is 0. The number of thiazole rings is 1. The molecule has 3 aromatic rings. The van der Waals surface area contributed by atoms with Gasteiger partial charge in [-0.2, -0.15) is 0 Å². The molecule has 0 bridgehead atoms. The molecule has 0 N–H and O–H groups in total. The minimum absolute atomic E-state index is 0.0414. The van der Waals surface area contributed by atoms with Crippen molar-refractivity contribution >= 4 is 55.8 Å². The van der Waals surface area contributed by atoms with Crippen LogP contribution in [0.2, 0.25) is 10.0 Å². The van der Waals surface area contributed by atoms with E-state index in [0.717, 1.165) is 23.7 Å². The first-order valence-corrected chi connectivity index (χ1v) is 11.5. The number of amides is 1. The summed E-state index contributed by atoms with van der Waals surface area (Å²) in [5.74, 6) is 0.850. The topological polar surface area (TPSA) is 45.7 Å².